The molecule has 2 rings (SSSR count). The molecule has 1 aliphatic rings. The standard InChI is InChI=1S/C9H8ClN3O2/c10-9(13-6-2-5-12-13)7(8(14)15)3-1-4-11-9/h1-6,11H,(H,14,15). The Morgan fingerprint density at radius 2 is 2.47 bits per heavy atom. The molecule has 0 radical (unpaired) electrons. The van der Waals surface area contributed by atoms with Crippen molar-refractivity contribution in [1.82, 2.24) is 15.1 Å². The molecule has 2 heterocycles. The molecule has 1 aliphatic heterocycles. The molecule has 0 fully saturated rings. The first kappa shape index (κ1) is 9.79. The van der Waals surface area contributed by atoms with Gasteiger partial charge in [0.15, 0.2) is 0 Å². The van der Waals surface area contributed by atoms with Crippen molar-refractivity contribution in [1.29, 1.82) is 0 Å². The molecule has 0 aromatic carbocycles. The Bertz CT molecular complexity index is 438. The van der Waals surface area contributed by atoms with Crippen molar-refractivity contribution < 1.29 is 9.90 Å². The third kappa shape index (κ3) is 1.50. The molecule has 1 aromatic rings. The van der Waals surface area contributed by atoms with Crippen molar-refractivity contribution in [2.45, 2.75) is 5.12 Å². The molecule has 0 aliphatic carbocycles. The number of carboxylic acid groups (broad SMARTS) is 1. The second-order valence-electron chi connectivity index (χ2n) is 2.96. The largest absolute Gasteiger partial charge is 0.478 e. The first-order valence-electron chi connectivity index (χ1n) is 4.22. The molecule has 5 nitrogen and oxygen atoms in total. The number of aliphatic carboxylic acids is 1. The second-order valence-corrected chi connectivity index (χ2v) is 3.51. The van der Waals surface area contributed by atoms with E-state index in [1.54, 1.807) is 24.5 Å². The number of carbonyl (C=O) groups is 1. The zero-order valence-electron chi connectivity index (χ0n) is 7.59. The summed E-state index contributed by atoms with van der Waals surface area (Å²) in [5, 5.41) is 14.3. The lowest BCUT2D eigenvalue weighted by molar-refractivity contribution is -0.133. The summed E-state index contributed by atoms with van der Waals surface area (Å²) in [4.78, 5) is 11.0. The Morgan fingerprint density at radius 1 is 1.67 bits per heavy atom. The van der Waals surface area contributed by atoms with Crippen LogP contribution >= 0.6 is 11.6 Å². The first-order chi connectivity index (χ1) is 7.14. The van der Waals surface area contributed by atoms with Gasteiger partial charge >= 0.3 is 5.97 Å². The molecule has 1 unspecified atom stereocenters. The number of nitrogens with one attached hydrogen (secondary N) is 1. The molecule has 0 amide bonds. The van der Waals surface area contributed by atoms with E-state index in [9.17, 15) is 4.79 Å². The lowest BCUT2D eigenvalue weighted by Gasteiger charge is -2.30. The Balaban J connectivity index is 2.48. The SMILES string of the molecule is O=C(O)C1=CC=CNC1(Cl)n1cccn1. The van der Waals surface area contributed by atoms with Crippen LogP contribution in [0.25, 0.3) is 0 Å². The van der Waals surface area contributed by atoms with Crippen molar-refractivity contribution in [2.24, 2.45) is 0 Å². The van der Waals surface area contributed by atoms with Gasteiger partial charge in [-0.3, -0.25) is 0 Å². The summed E-state index contributed by atoms with van der Waals surface area (Å²) in [5.41, 5.74) is 0.0235. The van der Waals surface area contributed by atoms with E-state index in [-0.39, 0.29) is 5.57 Å². The van der Waals surface area contributed by atoms with Gasteiger partial charge in [0, 0.05) is 12.4 Å². The number of hydrogen-bond acceptors (Lipinski definition) is 3. The van der Waals surface area contributed by atoms with E-state index < -0.39 is 11.1 Å². The van der Waals surface area contributed by atoms with Gasteiger partial charge in [-0.1, -0.05) is 11.6 Å². The number of nitrogens with zero attached hydrogens (tertiary/aromatic N) is 2. The topological polar surface area (TPSA) is 67.2 Å². The van der Waals surface area contributed by atoms with E-state index in [1.165, 1.54) is 17.0 Å². The monoisotopic (exact) mass is 225 g/mol. The van der Waals surface area contributed by atoms with Crippen LogP contribution in [0.15, 0.2) is 42.4 Å². The minimum Gasteiger partial charge on any atom is -0.478 e. The van der Waals surface area contributed by atoms with Gasteiger partial charge in [-0.2, -0.15) is 5.10 Å². The fourth-order valence-electron chi connectivity index (χ4n) is 1.34. The van der Waals surface area contributed by atoms with Crippen molar-refractivity contribution in [3.05, 3.63) is 42.4 Å². The fourth-order valence-corrected chi connectivity index (χ4v) is 1.65. The van der Waals surface area contributed by atoms with Crippen molar-refractivity contribution in [3.8, 4) is 0 Å². The van der Waals surface area contributed by atoms with E-state index in [0.29, 0.717) is 0 Å². The van der Waals surface area contributed by atoms with E-state index >= 15 is 0 Å². The maximum Gasteiger partial charge on any atom is 0.337 e. The lowest BCUT2D eigenvalue weighted by Crippen LogP contribution is -2.45. The average molecular weight is 226 g/mol. The fraction of sp³-hybridized carbons (Fsp3) is 0.111. The van der Waals surface area contributed by atoms with E-state index in [4.69, 9.17) is 16.7 Å². The highest BCUT2D eigenvalue weighted by Crippen LogP contribution is 2.29. The van der Waals surface area contributed by atoms with Gasteiger partial charge in [0.25, 0.3) is 0 Å². The quantitative estimate of drug-likeness (QED) is 0.579. The van der Waals surface area contributed by atoms with Crippen LogP contribution in [0.4, 0.5) is 0 Å². The normalized spacial score (nSPS) is 24.5. The van der Waals surface area contributed by atoms with E-state index in [0.717, 1.165) is 0 Å². The Hall–Kier alpha value is -1.75. The Labute approximate surface area is 90.7 Å². The number of aromatic nitrogens is 2. The van der Waals surface area contributed by atoms with Crippen LogP contribution in [0.5, 0.6) is 0 Å². The minimum atomic E-state index is -1.36. The predicted octanol–water partition coefficient (Wildman–Crippen LogP) is 0.860. The number of halogens is 1. The Kier molecular flexibility index (Phi) is 2.24. The molecular formula is C9H8ClN3O2. The first-order valence-corrected chi connectivity index (χ1v) is 4.60. The average Bonchev–Trinajstić information content (AvgIpc) is 2.71. The zero-order valence-corrected chi connectivity index (χ0v) is 8.35. The van der Waals surface area contributed by atoms with Gasteiger partial charge in [-0.15, -0.1) is 0 Å². The van der Waals surface area contributed by atoms with Crippen LogP contribution in [0.3, 0.4) is 0 Å². The number of carboxylic acids is 1. The summed E-state index contributed by atoms with van der Waals surface area (Å²) in [5.74, 6) is -1.09. The van der Waals surface area contributed by atoms with Crippen LogP contribution in [-0.2, 0) is 9.92 Å². The summed E-state index contributed by atoms with van der Waals surface area (Å²) < 4.78 is 1.35. The Morgan fingerprint density at radius 3 is 3.07 bits per heavy atom. The van der Waals surface area contributed by atoms with Gasteiger partial charge < -0.3 is 10.4 Å². The number of hydrogen-bond donors (Lipinski definition) is 2. The molecule has 15 heavy (non-hydrogen) atoms. The van der Waals surface area contributed by atoms with Crippen LogP contribution in [0, 0.1) is 0 Å². The van der Waals surface area contributed by atoms with Gasteiger partial charge in [-0.25, -0.2) is 9.48 Å². The highest BCUT2D eigenvalue weighted by molar-refractivity contribution is 6.26. The summed E-state index contributed by atoms with van der Waals surface area (Å²) in [6.07, 6.45) is 7.71. The number of alkyl halides is 1. The van der Waals surface area contributed by atoms with Crippen molar-refractivity contribution in [3.63, 3.8) is 0 Å². The maximum atomic E-state index is 11.0. The third-order valence-corrected chi connectivity index (χ3v) is 2.53. The van der Waals surface area contributed by atoms with E-state index in [2.05, 4.69) is 10.4 Å². The van der Waals surface area contributed by atoms with Crippen molar-refractivity contribution >= 4 is 17.6 Å². The molecule has 2 N–H and O–H groups in total. The second kappa shape index (κ2) is 3.43. The van der Waals surface area contributed by atoms with E-state index in [1.807, 2.05) is 0 Å². The van der Waals surface area contributed by atoms with Gasteiger partial charge in [0.2, 0.25) is 5.12 Å². The van der Waals surface area contributed by atoms with Crippen LogP contribution in [-0.4, -0.2) is 20.9 Å². The summed E-state index contributed by atoms with van der Waals surface area (Å²) in [6.45, 7) is 0. The van der Waals surface area contributed by atoms with Crippen molar-refractivity contribution in [2.75, 3.05) is 0 Å². The molecule has 1 atom stereocenters. The minimum absolute atomic E-state index is 0.0235. The number of allylic oxidation sites excluding steroid dienone is 2. The molecule has 0 spiro atoms. The smallest absolute Gasteiger partial charge is 0.337 e. The molecule has 78 valence electrons. The molecule has 6 heteroatoms. The molecule has 1 aromatic heterocycles. The molecular weight excluding hydrogens is 218 g/mol. The molecule has 0 saturated carbocycles. The van der Waals surface area contributed by atoms with Gasteiger partial charge in [-0.05, 0) is 24.4 Å². The number of rotatable bonds is 2. The summed E-state index contributed by atoms with van der Waals surface area (Å²) in [7, 11) is 0. The highest BCUT2D eigenvalue weighted by atomic mass is 35.5. The lowest BCUT2D eigenvalue weighted by atomic mass is 10.1. The number of dihydropyridines is 1. The molecule has 0 bridgehead atoms. The third-order valence-electron chi connectivity index (χ3n) is 2.04. The molecule has 0 saturated heterocycles. The maximum absolute atomic E-state index is 11.0. The van der Waals surface area contributed by atoms with Crippen LogP contribution < -0.4 is 5.32 Å². The summed E-state index contributed by atoms with van der Waals surface area (Å²) >= 11 is 6.19. The van der Waals surface area contributed by atoms with Crippen LogP contribution in [0.2, 0.25) is 0 Å². The van der Waals surface area contributed by atoms with Gasteiger partial charge in [0.1, 0.15) is 5.57 Å². The summed E-state index contributed by atoms with van der Waals surface area (Å²) in [6, 6.07) is 1.67. The highest BCUT2D eigenvalue weighted by Gasteiger charge is 2.38. The predicted molar refractivity (Wildman–Crippen MR) is 54.0 cm³/mol. The van der Waals surface area contributed by atoms with Gasteiger partial charge in [0.05, 0.1) is 0 Å². The van der Waals surface area contributed by atoms with Crippen LogP contribution in [0.1, 0.15) is 0 Å². The zero-order chi connectivity index (χ0) is 10.9.